The van der Waals surface area contributed by atoms with E-state index >= 15 is 0 Å². The van der Waals surface area contributed by atoms with E-state index in [9.17, 15) is 4.79 Å². The van der Waals surface area contributed by atoms with E-state index in [4.69, 9.17) is 9.47 Å². The summed E-state index contributed by atoms with van der Waals surface area (Å²) in [5, 5.41) is 7.80. The predicted molar refractivity (Wildman–Crippen MR) is 57.8 cm³/mol. The molecular weight excluding hydrogens is 222 g/mol. The maximum atomic E-state index is 10.6. The van der Waals surface area contributed by atoms with Crippen molar-refractivity contribution in [3.05, 3.63) is 11.9 Å². The molecule has 6 heteroatoms. The maximum absolute atomic E-state index is 10.6. The summed E-state index contributed by atoms with van der Waals surface area (Å²) in [5.74, 6) is 0. The summed E-state index contributed by atoms with van der Waals surface area (Å²) in [6.07, 6.45) is 5.15. The van der Waals surface area contributed by atoms with Gasteiger partial charge in [0.15, 0.2) is 6.29 Å². The van der Waals surface area contributed by atoms with Crippen LogP contribution in [0.4, 0.5) is 0 Å². The second kappa shape index (κ2) is 4.19. The molecular formula is C11H15N3O3. The molecule has 0 aromatic carbocycles. The smallest absolute Gasteiger partial charge is 0.171 e. The molecule has 1 aromatic heterocycles. The Hall–Kier alpha value is -1.27. The van der Waals surface area contributed by atoms with E-state index in [1.807, 2.05) is 0 Å². The molecule has 17 heavy (non-hydrogen) atoms. The van der Waals surface area contributed by atoms with Crippen molar-refractivity contribution < 1.29 is 14.3 Å². The van der Waals surface area contributed by atoms with Crippen LogP contribution in [0.3, 0.4) is 0 Å². The molecule has 2 aliphatic heterocycles. The van der Waals surface area contributed by atoms with Crippen LogP contribution in [0.1, 0.15) is 35.8 Å². The van der Waals surface area contributed by atoms with Gasteiger partial charge in [-0.1, -0.05) is 5.21 Å². The van der Waals surface area contributed by atoms with Gasteiger partial charge in [0.05, 0.1) is 24.4 Å². The van der Waals surface area contributed by atoms with Crippen LogP contribution < -0.4 is 0 Å². The second-order valence-electron chi connectivity index (χ2n) is 4.72. The number of hydrogen-bond donors (Lipinski definition) is 0. The van der Waals surface area contributed by atoms with Gasteiger partial charge in [0.1, 0.15) is 5.69 Å². The molecule has 0 amide bonds. The predicted octanol–water partition coefficient (Wildman–Crippen LogP) is 0.601. The van der Waals surface area contributed by atoms with Crippen molar-refractivity contribution in [1.82, 2.24) is 15.0 Å². The number of aldehydes is 1. The van der Waals surface area contributed by atoms with Crippen molar-refractivity contribution in [3.8, 4) is 0 Å². The van der Waals surface area contributed by atoms with Crippen molar-refractivity contribution in [1.29, 1.82) is 0 Å². The van der Waals surface area contributed by atoms with Crippen LogP contribution in [0.5, 0.6) is 0 Å². The summed E-state index contributed by atoms with van der Waals surface area (Å²) in [4.78, 5) is 10.6. The van der Waals surface area contributed by atoms with Crippen molar-refractivity contribution >= 4 is 6.29 Å². The molecule has 2 saturated heterocycles. The highest BCUT2D eigenvalue weighted by Gasteiger charge is 2.41. The Kier molecular flexibility index (Phi) is 2.68. The Bertz CT molecular complexity index is 412. The van der Waals surface area contributed by atoms with Crippen LogP contribution in [-0.4, -0.2) is 46.7 Å². The molecule has 0 aliphatic carbocycles. The van der Waals surface area contributed by atoms with E-state index in [0.29, 0.717) is 18.9 Å². The topological polar surface area (TPSA) is 66.2 Å². The highest BCUT2D eigenvalue weighted by atomic mass is 16.6. The van der Waals surface area contributed by atoms with E-state index in [0.717, 1.165) is 32.2 Å². The second-order valence-corrected chi connectivity index (χ2v) is 4.72. The number of rotatable bonds is 2. The zero-order valence-electron chi connectivity index (χ0n) is 9.54. The van der Waals surface area contributed by atoms with E-state index in [2.05, 4.69) is 10.3 Å². The van der Waals surface area contributed by atoms with Crippen LogP contribution in [0.25, 0.3) is 0 Å². The molecule has 0 saturated carbocycles. The van der Waals surface area contributed by atoms with Crippen molar-refractivity contribution in [2.24, 2.45) is 0 Å². The third-order valence-corrected chi connectivity index (χ3v) is 3.56. The lowest BCUT2D eigenvalue weighted by Gasteiger charge is -2.36. The van der Waals surface area contributed by atoms with Gasteiger partial charge in [-0.25, -0.2) is 4.68 Å². The zero-order chi connectivity index (χ0) is 11.7. The lowest BCUT2D eigenvalue weighted by Crippen LogP contribution is -2.41. The number of aromatic nitrogens is 3. The maximum Gasteiger partial charge on any atom is 0.171 e. The largest absolute Gasteiger partial charge is 0.378 e. The van der Waals surface area contributed by atoms with Gasteiger partial charge in [-0.3, -0.25) is 4.79 Å². The third-order valence-electron chi connectivity index (χ3n) is 3.56. The van der Waals surface area contributed by atoms with Gasteiger partial charge in [0, 0.05) is 26.1 Å². The van der Waals surface area contributed by atoms with Crippen LogP contribution in [0.15, 0.2) is 6.20 Å². The van der Waals surface area contributed by atoms with Crippen LogP contribution in [0, 0.1) is 0 Å². The summed E-state index contributed by atoms with van der Waals surface area (Å²) in [6, 6.07) is 0.256. The van der Waals surface area contributed by atoms with E-state index < -0.39 is 0 Å². The third kappa shape index (κ3) is 1.98. The molecule has 1 spiro atoms. The summed E-state index contributed by atoms with van der Waals surface area (Å²) >= 11 is 0. The van der Waals surface area contributed by atoms with Crippen LogP contribution in [0.2, 0.25) is 0 Å². The molecule has 2 atom stereocenters. The van der Waals surface area contributed by atoms with E-state index in [1.54, 1.807) is 10.9 Å². The SMILES string of the molecule is O=Cc1cn(C2CCOC3(CCOC3)C2)nn1. The van der Waals surface area contributed by atoms with Crippen molar-refractivity contribution in [2.45, 2.75) is 30.9 Å². The minimum Gasteiger partial charge on any atom is -0.378 e. The summed E-state index contributed by atoms with van der Waals surface area (Å²) in [7, 11) is 0. The Labute approximate surface area is 98.9 Å². The Morgan fingerprint density at radius 3 is 3.18 bits per heavy atom. The fraction of sp³-hybridized carbons (Fsp3) is 0.727. The number of carbonyl (C=O) groups excluding carboxylic acids is 1. The normalized spacial score (nSPS) is 33.1. The number of carbonyl (C=O) groups is 1. The molecule has 0 N–H and O–H groups in total. The first-order chi connectivity index (χ1) is 8.31. The summed E-state index contributed by atoms with van der Waals surface area (Å²) in [5.41, 5.74) is 0.240. The molecule has 0 radical (unpaired) electrons. The Balaban J connectivity index is 1.77. The van der Waals surface area contributed by atoms with Crippen LogP contribution >= 0.6 is 0 Å². The molecule has 92 valence electrons. The summed E-state index contributed by atoms with van der Waals surface area (Å²) in [6.45, 7) is 2.15. The highest BCUT2D eigenvalue weighted by Crippen LogP contribution is 2.37. The van der Waals surface area contributed by atoms with Gasteiger partial charge in [-0.15, -0.1) is 5.10 Å². The van der Waals surface area contributed by atoms with Crippen molar-refractivity contribution in [3.63, 3.8) is 0 Å². The average Bonchev–Trinajstić information content (AvgIpc) is 2.99. The van der Waals surface area contributed by atoms with Gasteiger partial charge >= 0.3 is 0 Å². The molecule has 2 aliphatic rings. The molecule has 1 aromatic rings. The Morgan fingerprint density at radius 1 is 1.53 bits per heavy atom. The molecule has 6 nitrogen and oxygen atoms in total. The number of nitrogens with zero attached hydrogens (tertiary/aromatic N) is 3. The first-order valence-electron chi connectivity index (χ1n) is 5.90. The Morgan fingerprint density at radius 2 is 2.47 bits per heavy atom. The molecule has 2 fully saturated rings. The lowest BCUT2D eigenvalue weighted by molar-refractivity contribution is -0.0964. The lowest BCUT2D eigenvalue weighted by atomic mass is 9.90. The van der Waals surface area contributed by atoms with E-state index in [1.165, 1.54) is 0 Å². The quantitative estimate of drug-likeness (QED) is 0.705. The minimum absolute atomic E-state index is 0.143. The van der Waals surface area contributed by atoms with Gasteiger partial charge in [-0.2, -0.15) is 0 Å². The van der Waals surface area contributed by atoms with Gasteiger partial charge < -0.3 is 9.47 Å². The fourth-order valence-corrected chi connectivity index (χ4v) is 2.61. The van der Waals surface area contributed by atoms with Crippen molar-refractivity contribution in [2.75, 3.05) is 19.8 Å². The first-order valence-corrected chi connectivity index (χ1v) is 5.90. The molecule has 2 unspecified atom stereocenters. The first kappa shape index (κ1) is 10.9. The highest BCUT2D eigenvalue weighted by molar-refractivity contribution is 5.70. The number of ether oxygens (including phenoxy) is 2. The standard InChI is InChI=1S/C11H15N3O3/c15-7-9-6-14(13-12-9)10-1-3-17-11(5-10)2-4-16-8-11/h6-7,10H,1-5,8H2. The summed E-state index contributed by atoms with van der Waals surface area (Å²) < 4.78 is 13.1. The average molecular weight is 237 g/mol. The molecule has 3 heterocycles. The van der Waals surface area contributed by atoms with Gasteiger partial charge in [0.2, 0.25) is 0 Å². The van der Waals surface area contributed by atoms with Gasteiger partial charge in [-0.05, 0) is 6.42 Å². The zero-order valence-corrected chi connectivity index (χ0v) is 9.54. The minimum atomic E-state index is -0.143. The van der Waals surface area contributed by atoms with Crippen LogP contribution in [-0.2, 0) is 9.47 Å². The van der Waals surface area contributed by atoms with E-state index in [-0.39, 0.29) is 11.6 Å². The number of hydrogen-bond acceptors (Lipinski definition) is 5. The molecule has 0 bridgehead atoms. The molecule has 3 rings (SSSR count). The van der Waals surface area contributed by atoms with Gasteiger partial charge in [0.25, 0.3) is 0 Å². The fourth-order valence-electron chi connectivity index (χ4n) is 2.61. The monoisotopic (exact) mass is 237 g/mol.